The zero-order chi connectivity index (χ0) is 17.8. The van der Waals surface area contributed by atoms with E-state index in [0.29, 0.717) is 12.4 Å². The lowest BCUT2D eigenvalue weighted by molar-refractivity contribution is 0.101. The fourth-order valence-electron chi connectivity index (χ4n) is 1.97. The molecule has 2 nitrogen and oxygen atoms in total. The molecule has 7 heteroatoms. The summed E-state index contributed by atoms with van der Waals surface area (Å²) in [6.07, 6.45) is 0. The van der Waals surface area contributed by atoms with Gasteiger partial charge in [0, 0.05) is 6.61 Å². The molecule has 0 radical (unpaired) electrons. The molecule has 0 bridgehead atoms. The second-order valence-corrected chi connectivity index (χ2v) is 12.6. The van der Waals surface area contributed by atoms with Crippen molar-refractivity contribution in [2.24, 2.45) is 0 Å². The predicted octanol–water partition coefficient (Wildman–Crippen LogP) is 7.42. The second kappa shape index (κ2) is 9.00. The fraction of sp³-hybridized carbons (Fsp3) is 0.294. The highest BCUT2D eigenvalue weighted by atomic mass is 79.9. The van der Waals surface area contributed by atoms with Crippen LogP contribution in [0.2, 0.25) is 0 Å². The Morgan fingerprint density at radius 2 is 1.54 bits per heavy atom. The average molecular weight is 651 g/mol. The van der Waals surface area contributed by atoms with E-state index in [1.807, 2.05) is 43.3 Å². The van der Waals surface area contributed by atoms with E-state index in [2.05, 4.69) is 97.8 Å². The first-order chi connectivity index (χ1) is 11.3. The third-order valence-corrected chi connectivity index (χ3v) is 11.0. The van der Waals surface area contributed by atoms with Crippen LogP contribution in [-0.4, -0.2) is 18.3 Å². The van der Waals surface area contributed by atoms with E-state index in [-0.39, 0.29) is 5.01 Å². The van der Waals surface area contributed by atoms with Crippen molar-refractivity contribution in [1.82, 2.24) is 0 Å². The van der Waals surface area contributed by atoms with Crippen molar-refractivity contribution >= 4 is 79.6 Å². The average Bonchev–Trinajstić information content (AvgIpc) is 2.55. The van der Waals surface area contributed by atoms with Gasteiger partial charge in [-0.25, -0.2) is 0 Å². The van der Waals surface area contributed by atoms with Crippen LogP contribution in [0.5, 0.6) is 5.75 Å². The van der Waals surface area contributed by atoms with Gasteiger partial charge in [0.15, 0.2) is 3.23 Å². The van der Waals surface area contributed by atoms with Crippen molar-refractivity contribution in [2.75, 3.05) is 6.61 Å². The first-order valence-electron chi connectivity index (χ1n) is 7.13. The highest BCUT2D eigenvalue weighted by molar-refractivity contribution is 9.30. The molecule has 0 aliphatic rings. The van der Waals surface area contributed by atoms with Crippen LogP contribution < -0.4 is 4.74 Å². The summed E-state index contributed by atoms with van der Waals surface area (Å²) in [6.45, 7) is 2.49. The topological polar surface area (TPSA) is 18.5 Å². The first kappa shape index (κ1) is 20.9. The maximum Gasteiger partial charge on any atom is 0.246 e. The van der Waals surface area contributed by atoms with E-state index in [1.165, 1.54) is 0 Å². The molecule has 2 aromatic rings. The van der Waals surface area contributed by atoms with Crippen LogP contribution in [0.3, 0.4) is 0 Å². The van der Waals surface area contributed by atoms with Gasteiger partial charge in [-0.3, -0.25) is 0 Å². The summed E-state index contributed by atoms with van der Waals surface area (Å²) in [5, 5.41) is -0.342. The molecule has 0 aromatic heterocycles. The molecule has 0 N–H and O–H groups in total. The quantitative estimate of drug-likeness (QED) is 0.291. The molecule has 1 unspecified atom stereocenters. The van der Waals surface area contributed by atoms with Crippen molar-refractivity contribution in [1.29, 1.82) is 0 Å². The maximum absolute atomic E-state index is 6.13. The summed E-state index contributed by atoms with van der Waals surface area (Å²) in [4.78, 5) is 0. The Morgan fingerprint density at radius 3 is 2.17 bits per heavy atom. The van der Waals surface area contributed by atoms with E-state index in [1.54, 1.807) is 0 Å². The third-order valence-electron chi connectivity index (χ3n) is 3.17. The highest BCUT2D eigenvalue weighted by Crippen LogP contribution is 2.53. The molecular weight excluding hydrogens is 636 g/mol. The van der Waals surface area contributed by atoms with Crippen LogP contribution in [0.4, 0.5) is 0 Å². The molecule has 0 heterocycles. The van der Waals surface area contributed by atoms with E-state index in [4.69, 9.17) is 9.47 Å². The highest BCUT2D eigenvalue weighted by Gasteiger charge is 2.53. The van der Waals surface area contributed by atoms with Crippen LogP contribution in [0.25, 0.3) is 11.1 Å². The van der Waals surface area contributed by atoms with Gasteiger partial charge in [-0.1, -0.05) is 90.3 Å². The lowest BCUT2D eigenvalue weighted by Crippen LogP contribution is -2.47. The molecule has 0 saturated heterocycles. The molecule has 24 heavy (non-hydrogen) atoms. The van der Waals surface area contributed by atoms with E-state index in [0.717, 1.165) is 11.1 Å². The smallest absolute Gasteiger partial charge is 0.246 e. The van der Waals surface area contributed by atoms with Crippen LogP contribution in [0.15, 0.2) is 54.6 Å². The molecule has 0 aliphatic heterocycles. The van der Waals surface area contributed by atoms with Crippen molar-refractivity contribution in [3.63, 3.8) is 0 Å². The first-order valence-corrected chi connectivity index (χ1v) is 11.2. The van der Waals surface area contributed by atoms with Gasteiger partial charge in [0.1, 0.15) is 10.8 Å². The minimum Gasteiger partial charge on any atom is -0.463 e. The SMILES string of the molecule is CCOC(Br)C(Br)(Br)C(Br)(Br)Oc1cccc(-c2ccccc2)c1. The number of benzene rings is 2. The van der Waals surface area contributed by atoms with Crippen molar-refractivity contribution in [2.45, 2.75) is 18.6 Å². The zero-order valence-electron chi connectivity index (χ0n) is 12.7. The standard InChI is InChI=1S/C17H15Br5O2/c1-2-23-15(18)16(19,20)17(21,22)24-14-10-6-9-13(11-14)12-7-4-3-5-8-12/h3-11,15H,2H2,1H3. The molecular formula is C17H15Br5O2. The Morgan fingerprint density at radius 1 is 0.917 bits per heavy atom. The summed E-state index contributed by atoms with van der Waals surface area (Å²) in [7, 11) is 0. The molecule has 130 valence electrons. The van der Waals surface area contributed by atoms with Gasteiger partial charge in [0.25, 0.3) is 0 Å². The fourth-order valence-corrected chi connectivity index (χ4v) is 4.39. The van der Waals surface area contributed by atoms with Crippen molar-refractivity contribution in [3.8, 4) is 16.9 Å². The number of alkyl halides is 5. The summed E-state index contributed by atoms with van der Waals surface area (Å²) < 4.78 is 10.0. The van der Waals surface area contributed by atoms with Gasteiger partial charge < -0.3 is 9.47 Å². The molecule has 2 rings (SSSR count). The Kier molecular flexibility index (Phi) is 7.84. The monoisotopic (exact) mass is 646 g/mol. The van der Waals surface area contributed by atoms with Crippen LogP contribution >= 0.6 is 79.6 Å². The second-order valence-electron chi connectivity index (χ2n) is 4.91. The molecule has 0 saturated carbocycles. The molecule has 0 fully saturated rings. The zero-order valence-corrected chi connectivity index (χ0v) is 20.6. The number of hydrogen-bond acceptors (Lipinski definition) is 2. The van der Waals surface area contributed by atoms with E-state index < -0.39 is 6.65 Å². The molecule has 2 aromatic carbocycles. The Labute approximate surface area is 184 Å². The van der Waals surface area contributed by atoms with Gasteiger partial charge in [0.2, 0.25) is 3.42 Å². The number of hydrogen-bond donors (Lipinski definition) is 0. The van der Waals surface area contributed by atoms with E-state index in [9.17, 15) is 0 Å². The minimum absolute atomic E-state index is 0.342. The van der Waals surface area contributed by atoms with Gasteiger partial charge in [-0.2, -0.15) is 0 Å². The van der Waals surface area contributed by atoms with Gasteiger partial charge in [0.05, 0.1) is 0 Å². The summed E-state index contributed by atoms with van der Waals surface area (Å²) >= 11 is 17.9. The number of ether oxygens (including phenoxy) is 2. The third kappa shape index (κ3) is 5.07. The minimum atomic E-state index is -0.953. The van der Waals surface area contributed by atoms with Crippen molar-refractivity contribution < 1.29 is 9.47 Å². The van der Waals surface area contributed by atoms with Crippen molar-refractivity contribution in [3.05, 3.63) is 54.6 Å². The molecule has 1 atom stereocenters. The maximum atomic E-state index is 6.13. The molecule has 0 spiro atoms. The summed E-state index contributed by atoms with van der Waals surface area (Å²) in [5.41, 5.74) is 2.22. The lowest BCUT2D eigenvalue weighted by atomic mass is 10.1. The summed E-state index contributed by atoms with van der Waals surface area (Å²) in [6, 6.07) is 18.1. The Hall–Kier alpha value is 0.600. The predicted molar refractivity (Wildman–Crippen MR) is 118 cm³/mol. The Bertz CT molecular complexity index is 661. The van der Waals surface area contributed by atoms with E-state index >= 15 is 0 Å². The molecule has 0 amide bonds. The van der Waals surface area contributed by atoms with Crippen LogP contribution in [0.1, 0.15) is 6.92 Å². The lowest BCUT2D eigenvalue weighted by Gasteiger charge is -2.37. The largest absolute Gasteiger partial charge is 0.463 e. The van der Waals surface area contributed by atoms with Crippen LogP contribution in [-0.2, 0) is 4.74 Å². The molecule has 0 aliphatic carbocycles. The van der Waals surface area contributed by atoms with Gasteiger partial charge in [-0.05, 0) is 62.0 Å². The summed E-state index contributed by atoms with van der Waals surface area (Å²) in [5.74, 6) is 0.713. The normalized spacial score (nSPS) is 13.6. The van der Waals surface area contributed by atoms with Gasteiger partial charge in [-0.15, -0.1) is 0 Å². The Balaban J connectivity index is 2.24. The number of halogens is 5. The number of rotatable bonds is 7. The van der Waals surface area contributed by atoms with Crippen LogP contribution in [0, 0.1) is 0 Å². The van der Waals surface area contributed by atoms with Gasteiger partial charge >= 0.3 is 0 Å².